The number of hydrogen-bond donors (Lipinski definition) is 2. The van der Waals surface area contributed by atoms with Crippen molar-refractivity contribution in [2.24, 2.45) is 5.92 Å². The predicted molar refractivity (Wildman–Crippen MR) is 130 cm³/mol. The quantitative estimate of drug-likeness (QED) is 0.285. The molecule has 12 heteroatoms. The first-order valence-corrected chi connectivity index (χ1v) is 12.6. The number of nitrogens with zero attached hydrogens (tertiary/aromatic N) is 7. The average molecular weight is 498 g/mol. The zero-order valence-corrected chi connectivity index (χ0v) is 20.2. The lowest BCUT2D eigenvalue weighted by Gasteiger charge is -2.32. The van der Waals surface area contributed by atoms with Crippen LogP contribution in [0.3, 0.4) is 0 Å². The Morgan fingerprint density at radius 2 is 2.26 bits per heavy atom. The second-order valence-electron chi connectivity index (χ2n) is 8.46. The lowest BCUT2D eigenvalue weighted by molar-refractivity contribution is -0.127. The molecule has 3 aromatic rings. The van der Waals surface area contributed by atoms with Crippen LogP contribution < -0.4 is 5.32 Å². The van der Waals surface area contributed by atoms with Gasteiger partial charge in [0.25, 0.3) is 5.91 Å². The van der Waals surface area contributed by atoms with Crippen LogP contribution in [-0.4, -0.2) is 59.1 Å². The fourth-order valence-electron chi connectivity index (χ4n) is 3.93. The van der Waals surface area contributed by atoms with E-state index in [0.29, 0.717) is 46.2 Å². The summed E-state index contributed by atoms with van der Waals surface area (Å²) in [4.78, 5) is 23.9. The van der Waals surface area contributed by atoms with Gasteiger partial charge in [-0.25, -0.2) is 4.98 Å². The molecular weight excluding hydrogens is 474 g/mol. The lowest BCUT2D eigenvalue weighted by Crippen LogP contribution is -2.41. The van der Waals surface area contributed by atoms with Crippen molar-refractivity contribution in [2.75, 3.05) is 18.4 Å². The summed E-state index contributed by atoms with van der Waals surface area (Å²) in [6.07, 6.45) is 9.33. The summed E-state index contributed by atoms with van der Waals surface area (Å²) >= 11 is 7.93. The number of rotatable bonds is 7. The Balaban J connectivity index is 1.36. The normalized spacial score (nSPS) is 18.8. The highest BCUT2D eigenvalue weighted by atomic mass is 35.5. The van der Waals surface area contributed by atoms with Crippen LogP contribution in [0.4, 0.5) is 11.6 Å². The molecule has 1 saturated carbocycles. The molecular formula is C22H24ClN9OS. The van der Waals surface area contributed by atoms with Gasteiger partial charge < -0.3 is 10.2 Å². The Morgan fingerprint density at radius 1 is 1.41 bits per heavy atom. The zero-order valence-electron chi connectivity index (χ0n) is 18.7. The summed E-state index contributed by atoms with van der Waals surface area (Å²) in [5.74, 6) is 0.599. The van der Waals surface area contributed by atoms with Crippen molar-refractivity contribution >= 4 is 51.9 Å². The number of aromatic amines is 1. The topological polar surface area (TPSA) is 128 Å². The van der Waals surface area contributed by atoms with Crippen LogP contribution in [-0.2, 0) is 11.3 Å². The molecule has 1 saturated heterocycles. The number of allylic oxidation sites excluding steroid dienone is 1. The number of hydrogen-bond acceptors (Lipinski definition) is 8. The molecule has 1 unspecified atom stereocenters. The van der Waals surface area contributed by atoms with Gasteiger partial charge in [-0.3, -0.25) is 14.6 Å². The Morgan fingerprint density at radius 3 is 3.00 bits per heavy atom. The van der Waals surface area contributed by atoms with Crippen LogP contribution >= 0.6 is 23.4 Å². The maximum atomic E-state index is 12.9. The number of aromatic nitrogens is 6. The summed E-state index contributed by atoms with van der Waals surface area (Å²) < 4.78 is 1.81. The number of anilines is 2. The van der Waals surface area contributed by atoms with Crippen LogP contribution in [0.25, 0.3) is 11.0 Å². The standard InChI is InChI=1S/C22H24ClN9OS/c1-2-32-11-15(10-25-32)26-22-27-19-17(18(23)29-30-19)20(28-22)34-16-4-3-7-31(12-16)21(33)14(9-24)8-13-5-6-13/h8,10-11,13,16H,2-7,12H2,1H3,(H2,26,27,28,29,30)/b14-8+. The first kappa shape index (κ1) is 22.7. The molecule has 34 heavy (non-hydrogen) atoms. The van der Waals surface area contributed by atoms with E-state index in [1.165, 1.54) is 0 Å². The van der Waals surface area contributed by atoms with Crippen LogP contribution in [0, 0.1) is 17.2 Å². The van der Waals surface area contributed by atoms with E-state index in [0.717, 1.165) is 37.9 Å². The summed E-state index contributed by atoms with van der Waals surface area (Å²) in [5, 5.41) is 25.8. The van der Waals surface area contributed by atoms with E-state index in [9.17, 15) is 10.1 Å². The minimum absolute atomic E-state index is 0.110. The smallest absolute Gasteiger partial charge is 0.264 e. The Hall–Kier alpha value is -3.10. The van der Waals surface area contributed by atoms with Crippen LogP contribution in [0.15, 0.2) is 29.1 Å². The number of nitrogens with one attached hydrogen (secondary N) is 2. The van der Waals surface area contributed by atoms with E-state index in [-0.39, 0.29) is 16.7 Å². The average Bonchev–Trinajstić information content (AvgIpc) is 3.43. The van der Waals surface area contributed by atoms with Crippen molar-refractivity contribution in [1.82, 2.24) is 34.8 Å². The molecule has 0 radical (unpaired) electrons. The fraction of sp³-hybridized carbons (Fsp3) is 0.455. The van der Waals surface area contributed by atoms with E-state index in [2.05, 4.69) is 31.7 Å². The number of aryl methyl sites for hydroxylation is 1. The van der Waals surface area contributed by atoms with Crippen molar-refractivity contribution in [1.29, 1.82) is 5.26 Å². The number of fused-ring (bicyclic) bond motifs is 1. The minimum atomic E-state index is -0.177. The maximum Gasteiger partial charge on any atom is 0.264 e. The Kier molecular flexibility index (Phi) is 6.43. The molecule has 1 atom stereocenters. The lowest BCUT2D eigenvalue weighted by atomic mass is 10.1. The van der Waals surface area contributed by atoms with Gasteiger partial charge in [-0.2, -0.15) is 20.4 Å². The largest absolute Gasteiger partial charge is 0.337 e. The minimum Gasteiger partial charge on any atom is -0.337 e. The molecule has 0 aromatic carbocycles. The molecule has 2 N–H and O–H groups in total. The highest BCUT2D eigenvalue weighted by molar-refractivity contribution is 8.00. The van der Waals surface area contributed by atoms with Gasteiger partial charge >= 0.3 is 0 Å². The fourth-order valence-corrected chi connectivity index (χ4v) is 5.51. The number of thioether (sulfide) groups is 1. The summed E-state index contributed by atoms with van der Waals surface area (Å²) in [6, 6.07) is 2.10. The molecule has 10 nitrogen and oxygen atoms in total. The van der Waals surface area contributed by atoms with E-state index < -0.39 is 0 Å². The number of nitriles is 1. The van der Waals surface area contributed by atoms with Gasteiger partial charge in [0.2, 0.25) is 5.95 Å². The Labute approximate surface area is 205 Å². The van der Waals surface area contributed by atoms with Gasteiger partial charge in [-0.1, -0.05) is 17.7 Å². The molecule has 0 spiro atoms. The van der Waals surface area contributed by atoms with E-state index in [4.69, 9.17) is 16.6 Å². The molecule has 1 aliphatic carbocycles. The number of halogens is 1. The zero-order chi connectivity index (χ0) is 23.7. The van der Waals surface area contributed by atoms with Crippen molar-refractivity contribution in [3.05, 3.63) is 29.2 Å². The predicted octanol–water partition coefficient (Wildman–Crippen LogP) is 3.91. The van der Waals surface area contributed by atoms with Gasteiger partial charge in [-0.05, 0) is 38.5 Å². The van der Waals surface area contributed by atoms with Gasteiger partial charge in [0.05, 0.1) is 17.3 Å². The Bertz CT molecular complexity index is 1290. The molecule has 2 aliphatic rings. The number of amides is 1. The van der Waals surface area contributed by atoms with Crippen molar-refractivity contribution < 1.29 is 4.79 Å². The molecule has 5 rings (SSSR count). The third-order valence-corrected chi connectivity index (χ3v) is 7.38. The number of carbonyl (C=O) groups excluding carboxylic acids is 1. The van der Waals surface area contributed by atoms with E-state index >= 15 is 0 Å². The monoisotopic (exact) mass is 497 g/mol. The number of H-pyrrole nitrogens is 1. The second kappa shape index (κ2) is 9.64. The maximum absolute atomic E-state index is 12.9. The van der Waals surface area contributed by atoms with Gasteiger partial charge in [0, 0.05) is 31.1 Å². The second-order valence-corrected chi connectivity index (χ2v) is 10.1. The third-order valence-electron chi connectivity index (χ3n) is 5.87. The van der Waals surface area contributed by atoms with Crippen molar-refractivity contribution in [3.8, 4) is 6.07 Å². The third kappa shape index (κ3) is 4.88. The molecule has 3 aromatic heterocycles. The van der Waals surface area contributed by atoms with Gasteiger partial charge in [-0.15, -0.1) is 11.8 Å². The summed E-state index contributed by atoms with van der Waals surface area (Å²) in [6.45, 7) is 3.97. The van der Waals surface area contributed by atoms with E-state index in [1.54, 1.807) is 22.9 Å². The summed E-state index contributed by atoms with van der Waals surface area (Å²) in [7, 11) is 0. The molecule has 0 bridgehead atoms. The number of carbonyl (C=O) groups is 1. The molecule has 2 fully saturated rings. The first-order valence-electron chi connectivity index (χ1n) is 11.3. The number of likely N-dealkylation sites (tertiary alicyclic amines) is 1. The first-order chi connectivity index (χ1) is 16.5. The highest BCUT2D eigenvalue weighted by Crippen LogP contribution is 2.36. The molecule has 1 amide bonds. The van der Waals surface area contributed by atoms with Crippen LogP contribution in [0.5, 0.6) is 0 Å². The molecule has 1 aliphatic heterocycles. The van der Waals surface area contributed by atoms with E-state index in [1.807, 2.05) is 23.9 Å². The van der Waals surface area contributed by atoms with Crippen LogP contribution in [0.2, 0.25) is 5.15 Å². The molecule has 176 valence electrons. The van der Waals surface area contributed by atoms with Gasteiger partial charge in [0.15, 0.2) is 5.65 Å². The van der Waals surface area contributed by atoms with Gasteiger partial charge in [0.1, 0.15) is 21.8 Å². The SMILES string of the molecule is CCn1cc(Nc2nc(SC3CCCN(C(=O)/C(C#N)=C/C4CC4)C3)c3c(Cl)[nH]nc3n2)cn1. The number of piperidine rings is 1. The van der Waals surface area contributed by atoms with Crippen LogP contribution in [0.1, 0.15) is 32.6 Å². The molecule has 4 heterocycles. The summed E-state index contributed by atoms with van der Waals surface area (Å²) in [5.41, 5.74) is 1.50. The van der Waals surface area contributed by atoms with Crippen molar-refractivity contribution in [3.63, 3.8) is 0 Å². The van der Waals surface area contributed by atoms with Crippen molar-refractivity contribution in [2.45, 2.75) is 49.4 Å². The highest BCUT2D eigenvalue weighted by Gasteiger charge is 2.29.